The highest BCUT2D eigenvalue weighted by molar-refractivity contribution is 6.09. The minimum atomic E-state index is 0.585. The van der Waals surface area contributed by atoms with Crippen molar-refractivity contribution in [2.45, 2.75) is 0 Å². The Balaban J connectivity index is 1.24. The summed E-state index contributed by atoms with van der Waals surface area (Å²) in [6.45, 7) is 0. The van der Waals surface area contributed by atoms with E-state index in [9.17, 15) is 0 Å². The number of aromatic nitrogens is 6. The van der Waals surface area contributed by atoms with Crippen LogP contribution in [0.3, 0.4) is 0 Å². The minimum Gasteiger partial charge on any atom is -0.294 e. The number of pyridine rings is 1. The van der Waals surface area contributed by atoms with Crippen molar-refractivity contribution in [2.75, 3.05) is 0 Å². The molecule has 0 aliphatic heterocycles. The molecule has 0 fully saturated rings. The summed E-state index contributed by atoms with van der Waals surface area (Å²) in [5.74, 6) is 1.83. The van der Waals surface area contributed by atoms with Gasteiger partial charge in [0.1, 0.15) is 5.65 Å². The third-order valence-electron chi connectivity index (χ3n) is 8.25. The molecule has 0 bridgehead atoms. The lowest BCUT2D eigenvalue weighted by atomic mass is 10.1. The van der Waals surface area contributed by atoms with Crippen LogP contribution >= 0.6 is 0 Å². The summed E-state index contributed by atoms with van der Waals surface area (Å²) >= 11 is 0. The van der Waals surface area contributed by atoms with E-state index in [1.807, 2.05) is 42.6 Å². The fourth-order valence-electron chi connectivity index (χ4n) is 6.26. The van der Waals surface area contributed by atoms with Gasteiger partial charge in [-0.25, -0.2) is 9.97 Å². The van der Waals surface area contributed by atoms with Gasteiger partial charge in [-0.05, 0) is 54.6 Å². The van der Waals surface area contributed by atoms with Crippen molar-refractivity contribution in [1.29, 1.82) is 0 Å². The third kappa shape index (κ3) is 3.75. The molecule has 9 rings (SSSR count). The number of hydrogen-bond donors (Lipinski definition) is 0. The molecule has 0 spiro atoms. The lowest BCUT2D eigenvalue weighted by Gasteiger charge is -2.12. The Bertz CT molecular complexity index is 2380. The van der Waals surface area contributed by atoms with Crippen molar-refractivity contribution in [3.63, 3.8) is 0 Å². The van der Waals surface area contributed by atoms with Crippen molar-refractivity contribution < 1.29 is 0 Å². The highest BCUT2D eigenvalue weighted by atomic mass is 15.2. The molecular weight excluding hydrogens is 540 g/mol. The summed E-state index contributed by atoms with van der Waals surface area (Å²) in [6.07, 6.45) is 1.85. The lowest BCUT2D eigenvalue weighted by Crippen LogP contribution is -2.06. The predicted octanol–water partition coefficient (Wildman–Crippen LogP) is 8.79. The summed E-state index contributed by atoms with van der Waals surface area (Å²) in [5, 5.41) is 4.64. The Morgan fingerprint density at radius 2 is 0.886 bits per heavy atom. The van der Waals surface area contributed by atoms with Gasteiger partial charge in [-0.2, -0.15) is 9.97 Å². The second-order valence-corrected chi connectivity index (χ2v) is 10.8. The monoisotopic (exact) mass is 564 g/mol. The van der Waals surface area contributed by atoms with Gasteiger partial charge >= 0.3 is 0 Å². The van der Waals surface area contributed by atoms with Crippen LogP contribution in [-0.2, 0) is 0 Å². The molecule has 206 valence electrons. The number of nitrogens with zero attached hydrogens (tertiary/aromatic N) is 6. The first-order chi connectivity index (χ1) is 21.8. The summed E-state index contributed by atoms with van der Waals surface area (Å²) in [5.41, 5.74) is 7.03. The molecule has 6 nitrogen and oxygen atoms in total. The number of para-hydroxylation sites is 3. The maximum absolute atomic E-state index is 5.09. The molecule has 44 heavy (non-hydrogen) atoms. The van der Waals surface area contributed by atoms with Crippen LogP contribution in [-0.4, -0.2) is 29.1 Å². The molecule has 0 N–H and O–H groups in total. The van der Waals surface area contributed by atoms with Crippen LogP contribution in [0.4, 0.5) is 0 Å². The molecular formula is C38H24N6. The first kappa shape index (κ1) is 24.5. The smallest absolute Gasteiger partial charge is 0.238 e. The first-order valence-corrected chi connectivity index (χ1v) is 14.6. The van der Waals surface area contributed by atoms with E-state index < -0.39 is 0 Å². The SMILES string of the molecule is c1ccc(-c2nc(-c3ccc(-n4c5ccccc5c5cccnc54)cc3)nc(-n3c4ccccc4c4ccccc43)n2)cc1. The van der Waals surface area contributed by atoms with Gasteiger partial charge in [0.25, 0.3) is 0 Å². The summed E-state index contributed by atoms with van der Waals surface area (Å²) in [6, 6.07) is 47.8. The van der Waals surface area contributed by atoms with Crippen molar-refractivity contribution in [3.8, 4) is 34.4 Å². The zero-order valence-corrected chi connectivity index (χ0v) is 23.5. The Kier molecular flexibility index (Phi) is 5.40. The Morgan fingerprint density at radius 1 is 0.386 bits per heavy atom. The molecule has 0 aliphatic rings. The molecule has 4 aromatic heterocycles. The van der Waals surface area contributed by atoms with E-state index >= 15 is 0 Å². The molecule has 0 aliphatic carbocycles. The number of hydrogen-bond acceptors (Lipinski definition) is 4. The fourth-order valence-corrected chi connectivity index (χ4v) is 6.26. The van der Waals surface area contributed by atoms with Crippen molar-refractivity contribution >= 4 is 43.7 Å². The number of rotatable bonds is 4. The van der Waals surface area contributed by atoms with Gasteiger partial charge in [0.05, 0.1) is 16.6 Å². The van der Waals surface area contributed by atoms with E-state index in [0.717, 1.165) is 55.2 Å². The second kappa shape index (κ2) is 9.71. The molecule has 4 heterocycles. The molecule has 0 unspecified atom stereocenters. The highest BCUT2D eigenvalue weighted by Gasteiger charge is 2.18. The van der Waals surface area contributed by atoms with Gasteiger partial charge in [0.15, 0.2) is 11.6 Å². The van der Waals surface area contributed by atoms with Crippen LogP contribution in [0.15, 0.2) is 146 Å². The van der Waals surface area contributed by atoms with E-state index in [1.54, 1.807) is 0 Å². The zero-order valence-electron chi connectivity index (χ0n) is 23.5. The van der Waals surface area contributed by atoms with E-state index in [1.165, 1.54) is 5.39 Å². The van der Waals surface area contributed by atoms with E-state index in [0.29, 0.717) is 17.6 Å². The fraction of sp³-hybridized carbons (Fsp3) is 0. The molecule has 0 radical (unpaired) electrons. The van der Waals surface area contributed by atoms with Crippen LogP contribution in [0.2, 0.25) is 0 Å². The molecule has 0 amide bonds. The van der Waals surface area contributed by atoms with Crippen LogP contribution in [0, 0.1) is 0 Å². The minimum absolute atomic E-state index is 0.585. The maximum atomic E-state index is 5.09. The van der Waals surface area contributed by atoms with Gasteiger partial charge in [-0.15, -0.1) is 0 Å². The van der Waals surface area contributed by atoms with E-state index in [4.69, 9.17) is 19.9 Å². The predicted molar refractivity (Wildman–Crippen MR) is 177 cm³/mol. The van der Waals surface area contributed by atoms with E-state index in [-0.39, 0.29) is 0 Å². The average Bonchev–Trinajstić information content (AvgIpc) is 3.62. The van der Waals surface area contributed by atoms with Crippen LogP contribution in [0.1, 0.15) is 0 Å². The summed E-state index contributed by atoms with van der Waals surface area (Å²) in [7, 11) is 0. The van der Waals surface area contributed by atoms with Crippen molar-refractivity contribution in [3.05, 3.63) is 146 Å². The Labute approximate surface area is 252 Å². The zero-order chi connectivity index (χ0) is 29.0. The van der Waals surface area contributed by atoms with Gasteiger partial charge < -0.3 is 0 Å². The first-order valence-electron chi connectivity index (χ1n) is 14.6. The summed E-state index contributed by atoms with van der Waals surface area (Å²) < 4.78 is 4.35. The highest BCUT2D eigenvalue weighted by Crippen LogP contribution is 2.33. The Hall–Kier alpha value is -6.14. The van der Waals surface area contributed by atoms with Gasteiger partial charge in [0, 0.05) is 44.6 Å². The largest absolute Gasteiger partial charge is 0.294 e. The van der Waals surface area contributed by atoms with Crippen molar-refractivity contribution in [2.24, 2.45) is 0 Å². The number of fused-ring (bicyclic) bond motifs is 6. The molecule has 6 heteroatoms. The van der Waals surface area contributed by atoms with Crippen molar-refractivity contribution in [1.82, 2.24) is 29.1 Å². The third-order valence-corrected chi connectivity index (χ3v) is 8.25. The molecule has 0 saturated carbocycles. The molecule has 5 aromatic carbocycles. The average molecular weight is 565 g/mol. The van der Waals surface area contributed by atoms with Gasteiger partial charge in [-0.3, -0.25) is 9.13 Å². The molecule has 0 saturated heterocycles. The van der Waals surface area contributed by atoms with Crippen LogP contribution in [0.5, 0.6) is 0 Å². The second-order valence-electron chi connectivity index (χ2n) is 10.8. The van der Waals surface area contributed by atoms with Gasteiger partial charge in [-0.1, -0.05) is 84.9 Å². The quantitative estimate of drug-likeness (QED) is 0.214. The maximum Gasteiger partial charge on any atom is 0.238 e. The normalized spacial score (nSPS) is 11.6. The Morgan fingerprint density at radius 3 is 1.52 bits per heavy atom. The van der Waals surface area contributed by atoms with Crippen LogP contribution in [0.25, 0.3) is 78.2 Å². The summed E-state index contributed by atoms with van der Waals surface area (Å²) in [4.78, 5) is 19.8. The molecule has 0 atom stereocenters. The number of benzene rings is 5. The topological polar surface area (TPSA) is 61.4 Å². The van der Waals surface area contributed by atoms with E-state index in [2.05, 4.69) is 112 Å². The lowest BCUT2D eigenvalue weighted by molar-refractivity contribution is 0.953. The van der Waals surface area contributed by atoms with Gasteiger partial charge in [0.2, 0.25) is 5.95 Å². The standard InChI is InChI=1S/C38H24N6/c1-2-11-25(12-3-1)35-40-36(42-38(41-35)44-33-18-8-4-13-28(33)29-14-5-9-19-34(29)44)26-20-22-27(23-21-26)43-32-17-7-6-15-30(32)31-16-10-24-39-37(31)43/h1-24H. The van der Waals surface area contributed by atoms with Crippen LogP contribution < -0.4 is 0 Å². The molecule has 9 aromatic rings.